The zero-order valence-corrected chi connectivity index (χ0v) is 15.4. The summed E-state index contributed by atoms with van der Waals surface area (Å²) in [5, 5.41) is 10.3. The first-order chi connectivity index (χ1) is 12.0. The van der Waals surface area contributed by atoms with Gasteiger partial charge in [0.1, 0.15) is 5.82 Å². The van der Waals surface area contributed by atoms with E-state index in [2.05, 4.69) is 15.7 Å². The molecule has 1 aliphatic heterocycles. The molecule has 0 aliphatic carbocycles. The summed E-state index contributed by atoms with van der Waals surface area (Å²) in [6.07, 6.45) is 1.94. The van der Waals surface area contributed by atoms with Crippen molar-refractivity contribution in [3.63, 3.8) is 0 Å². The van der Waals surface area contributed by atoms with Crippen LogP contribution in [0.25, 0.3) is 0 Å². The molecule has 1 aliphatic rings. The lowest BCUT2D eigenvalue weighted by molar-refractivity contribution is 0.0928. The van der Waals surface area contributed by atoms with Gasteiger partial charge in [-0.2, -0.15) is 16.9 Å². The quantitative estimate of drug-likeness (QED) is 0.857. The van der Waals surface area contributed by atoms with Crippen molar-refractivity contribution in [2.75, 3.05) is 16.8 Å². The largest absolute Gasteiger partial charge is 0.348 e. The third kappa shape index (κ3) is 4.35. The molecule has 1 aromatic heterocycles. The van der Waals surface area contributed by atoms with Crippen molar-refractivity contribution in [1.82, 2.24) is 15.1 Å². The molecule has 2 N–H and O–H groups in total. The van der Waals surface area contributed by atoms with Gasteiger partial charge in [0, 0.05) is 19.2 Å². The minimum atomic E-state index is -0.343. The van der Waals surface area contributed by atoms with Crippen molar-refractivity contribution < 1.29 is 9.59 Å². The lowest BCUT2D eigenvalue weighted by Gasteiger charge is -2.21. The predicted molar refractivity (Wildman–Crippen MR) is 100 cm³/mol. The van der Waals surface area contributed by atoms with Crippen LogP contribution in [0.4, 0.5) is 5.82 Å². The zero-order chi connectivity index (χ0) is 17.8. The molecular formula is C17H19ClN4O2S. The Kier molecular flexibility index (Phi) is 5.65. The standard InChI is InChI=1S/C17H19ClN4O2S/c1-22-15(20-16(23)12-4-2-3-5-13(12)18)10-14(21-22)17(24)19-11-6-8-25-9-7-11/h2-5,10-11H,6-9H2,1H3,(H,19,24)(H,20,23). The van der Waals surface area contributed by atoms with Crippen LogP contribution >= 0.6 is 23.4 Å². The molecule has 0 atom stereocenters. The van der Waals surface area contributed by atoms with Crippen LogP contribution < -0.4 is 10.6 Å². The SMILES string of the molecule is Cn1nc(C(=O)NC2CCSCC2)cc1NC(=O)c1ccccc1Cl. The fraction of sp³-hybridized carbons (Fsp3) is 0.353. The average Bonchev–Trinajstić information content (AvgIpc) is 2.97. The van der Waals surface area contributed by atoms with Crippen molar-refractivity contribution in [2.45, 2.75) is 18.9 Å². The Balaban J connectivity index is 1.68. The van der Waals surface area contributed by atoms with E-state index in [1.807, 2.05) is 11.8 Å². The summed E-state index contributed by atoms with van der Waals surface area (Å²) in [6, 6.07) is 8.56. The van der Waals surface area contributed by atoms with Crippen molar-refractivity contribution in [2.24, 2.45) is 7.05 Å². The molecule has 1 saturated heterocycles. The normalized spacial score (nSPS) is 15.0. The number of amides is 2. The van der Waals surface area contributed by atoms with Gasteiger partial charge in [0.2, 0.25) is 0 Å². The third-order valence-corrected chi connectivity index (χ3v) is 5.41. The Morgan fingerprint density at radius 3 is 2.68 bits per heavy atom. The highest BCUT2D eigenvalue weighted by Gasteiger charge is 2.20. The van der Waals surface area contributed by atoms with E-state index < -0.39 is 0 Å². The minimum absolute atomic E-state index is 0.192. The minimum Gasteiger partial charge on any atom is -0.348 e. The molecule has 25 heavy (non-hydrogen) atoms. The van der Waals surface area contributed by atoms with Gasteiger partial charge < -0.3 is 10.6 Å². The van der Waals surface area contributed by atoms with E-state index in [4.69, 9.17) is 11.6 Å². The smallest absolute Gasteiger partial charge is 0.272 e. The molecule has 132 valence electrons. The van der Waals surface area contributed by atoms with Gasteiger partial charge in [0.05, 0.1) is 10.6 Å². The fourth-order valence-corrected chi connectivity index (χ4v) is 3.95. The number of rotatable bonds is 4. The van der Waals surface area contributed by atoms with Gasteiger partial charge in [-0.1, -0.05) is 23.7 Å². The average molecular weight is 379 g/mol. The molecule has 0 spiro atoms. The van der Waals surface area contributed by atoms with Crippen molar-refractivity contribution in [3.8, 4) is 0 Å². The van der Waals surface area contributed by atoms with E-state index in [1.165, 1.54) is 4.68 Å². The number of carbonyl (C=O) groups excluding carboxylic acids is 2. The third-order valence-electron chi connectivity index (χ3n) is 4.03. The number of nitrogens with one attached hydrogen (secondary N) is 2. The molecule has 8 heteroatoms. The molecule has 1 fully saturated rings. The van der Waals surface area contributed by atoms with Gasteiger partial charge in [-0.25, -0.2) is 0 Å². The Labute approximate surface area is 155 Å². The number of aromatic nitrogens is 2. The molecular weight excluding hydrogens is 360 g/mol. The number of thioether (sulfide) groups is 1. The highest BCUT2D eigenvalue weighted by molar-refractivity contribution is 7.99. The number of halogens is 1. The van der Waals surface area contributed by atoms with Crippen LogP contribution in [0, 0.1) is 0 Å². The Morgan fingerprint density at radius 2 is 1.96 bits per heavy atom. The van der Waals surface area contributed by atoms with Crippen molar-refractivity contribution in [3.05, 3.63) is 46.6 Å². The van der Waals surface area contributed by atoms with Gasteiger partial charge in [-0.05, 0) is 36.5 Å². The Hall–Kier alpha value is -1.99. The Morgan fingerprint density at radius 1 is 1.24 bits per heavy atom. The number of benzene rings is 1. The molecule has 0 bridgehead atoms. The summed E-state index contributed by atoms with van der Waals surface area (Å²) >= 11 is 7.94. The summed E-state index contributed by atoms with van der Waals surface area (Å²) in [4.78, 5) is 24.7. The van der Waals surface area contributed by atoms with Crippen LogP contribution in [0.3, 0.4) is 0 Å². The van der Waals surface area contributed by atoms with Crippen LogP contribution in [0.5, 0.6) is 0 Å². The van der Waals surface area contributed by atoms with E-state index in [-0.39, 0.29) is 23.6 Å². The van der Waals surface area contributed by atoms with E-state index in [1.54, 1.807) is 37.4 Å². The number of hydrogen-bond donors (Lipinski definition) is 2. The first kappa shape index (κ1) is 17.8. The van der Waals surface area contributed by atoms with Gasteiger partial charge in [0.25, 0.3) is 11.8 Å². The molecule has 0 radical (unpaired) electrons. The van der Waals surface area contributed by atoms with Gasteiger partial charge >= 0.3 is 0 Å². The topological polar surface area (TPSA) is 76.0 Å². The second kappa shape index (κ2) is 7.93. The van der Waals surface area contributed by atoms with Crippen molar-refractivity contribution >= 4 is 41.0 Å². The molecule has 6 nitrogen and oxygen atoms in total. The molecule has 2 amide bonds. The van der Waals surface area contributed by atoms with E-state index >= 15 is 0 Å². The summed E-state index contributed by atoms with van der Waals surface area (Å²) in [7, 11) is 1.68. The maximum atomic E-state index is 12.4. The monoisotopic (exact) mass is 378 g/mol. The number of carbonyl (C=O) groups is 2. The fourth-order valence-electron chi connectivity index (χ4n) is 2.63. The summed E-state index contributed by atoms with van der Waals surface area (Å²) in [5.74, 6) is 2.00. The van der Waals surface area contributed by atoms with E-state index in [0.29, 0.717) is 16.4 Å². The van der Waals surface area contributed by atoms with Crippen LogP contribution in [0.1, 0.15) is 33.7 Å². The van der Waals surface area contributed by atoms with Crippen LogP contribution in [0.2, 0.25) is 5.02 Å². The van der Waals surface area contributed by atoms with Crippen LogP contribution in [-0.4, -0.2) is 39.1 Å². The molecule has 0 saturated carbocycles. The zero-order valence-electron chi connectivity index (χ0n) is 13.8. The lowest BCUT2D eigenvalue weighted by atomic mass is 10.1. The maximum Gasteiger partial charge on any atom is 0.272 e. The predicted octanol–water partition coefficient (Wildman–Crippen LogP) is 2.95. The summed E-state index contributed by atoms with van der Waals surface area (Å²) in [6.45, 7) is 0. The summed E-state index contributed by atoms with van der Waals surface area (Å²) < 4.78 is 1.47. The van der Waals surface area contributed by atoms with E-state index in [9.17, 15) is 9.59 Å². The molecule has 2 aromatic rings. The highest BCUT2D eigenvalue weighted by Crippen LogP contribution is 2.19. The van der Waals surface area contributed by atoms with Crippen molar-refractivity contribution in [1.29, 1.82) is 0 Å². The first-order valence-corrected chi connectivity index (χ1v) is 9.56. The molecule has 1 aromatic carbocycles. The second-order valence-corrected chi connectivity index (χ2v) is 7.46. The number of hydrogen-bond acceptors (Lipinski definition) is 4. The van der Waals surface area contributed by atoms with Gasteiger partial charge in [-0.3, -0.25) is 14.3 Å². The molecule has 2 heterocycles. The Bertz CT molecular complexity index is 787. The maximum absolute atomic E-state index is 12.4. The van der Waals surface area contributed by atoms with Crippen LogP contribution in [-0.2, 0) is 7.05 Å². The lowest BCUT2D eigenvalue weighted by Crippen LogP contribution is -2.37. The second-order valence-electron chi connectivity index (χ2n) is 5.83. The summed E-state index contributed by atoms with van der Waals surface area (Å²) in [5.41, 5.74) is 0.659. The van der Waals surface area contributed by atoms with Gasteiger partial charge in [0.15, 0.2) is 5.69 Å². The van der Waals surface area contributed by atoms with Gasteiger partial charge in [-0.15, -0.1) is 0 Å². The first-order valence-electron chi connectivity index (χ1n) is 8.03. The van der Waals surface area contributed by atoms with E-state index in [0.717, 1.165) is 24.3 Å². The van der Waals surface area contributed by atoms with Crippen LogP contribution in [0.15, 0.2) is 30.3 Å². The molecule has 0 unspecified atom stereocenters. The number of anilines is 1. The highest BCUT2D eigenvalue weighted by atomic mass is 35.5. The number of aryl methyl sites for hydroxylation is 1. The molecule has 3 rings (SSSR count). The number of nitrogens with zero attached hydrogens (tertiary/aromatic N) is 2.